The number of rotatable bonds is 3. The Morgan fingerprint density at radius 1 is 1.28 bits per heavy atom. The molecule has 1 amide bonds. The van der Waals surface area contributed by atoms with E-state index in [1.807, 2.05) is 0 Å². The third-order valence-electron chi connectivity index (χ3n) is 2.26. The first-order chi connectivity index (χ1) is 8.70. The van der Waals surface area contributed by atoms with Gasteiger partial charge in [0.05, 0.1) is 11.8 Å². The largest absolute Gasteiger partial charge is 0.372 e. The normalized spacial score (nSPS) is 9.89. The summed E-state index contributed by atoms with van der Waals surface area (Å²) in [5.41, 5.74) is 0.395. The summed E-state index contributed by atoms with van der Waals surface area (Å²) >= 11 is 0. The second-order valence-electron chi connectivity index (χ2n) is 3.47. The molecule has 2 aromatic rings. The highest BCUT2D eigenvalue weighted by Crippen LogP contribution is 2.13. The van der Waals surface area contributed by atoms with E-state index in [-0.39, 0.29) is 11.7 Å². The fourth-order valence-electron chi connectivity index (χ4n) is 1.42. The molecule has 0 aliphatic heterocycles. The Morgan fingerprint density at radius 2 is 2.11 bits per heavy atom. The lowest BCUT2D eigenvalue weighted by Crippen LogP contribution is -2.15. The van der Waals surface area contributed by atoms with Gasteiger partial charge in [0.2, 0.25) is 0 Å². The molecule has 5 nitrogen and oxygen atoms in total. The van der Waals surface area contributed by atoms with Gasteiger partial charge in [-0.1, -0.05) is 0 Å². The van der Waals surface area contributed by atoms with E-state index < -0.39 is 5.82 Å². The van der Waals surface area contributed by atoms with Crippen LogP contribution in [0.15, 0.2) is 36.7 Å². The van der Waals surface area contributed by atoms with Gasteiger partial charge in [0.25, 0.3) is 5.91 Å². The molecule has 0 bridgehead atoms. The van der Waals surface area contributed by atoms with Crippen LogP contribution in [0.5, 0.6) is 0 Å². The molecule has 0 saturated heterocycles. The molecule has 0 fully saturated rings. The van der Waals surface area contributed by atoms with Crippen molar-refractivity contribution in [3.63, 3.8) is 0 Å². The zero-order chi connectivity index (χ0) is 13.0. The molecule has 2 N–H and O–H groups in total. The van der Waals surface area contributed by atoms with Gasteiger partial charge in [-0.05, 0) is 24.3 Å². The van der Waals surface area contributed by atoms with Crippen molar-refractivity contribution in [2.45, 2.75) is 0 Å². The zero-order valence-corrected chi connectivity index (χ0v) is 9.64. The molecule has 92 valence electrons. The van der Waals surface area contributed by atoms with E-state index in [9.17, 15) is 9.18 Å². The summed E-state index contributed by atoms with van der Waals surface area (Å²) in [6, 6.07) is 5.92. The van der Waals surface area contributed by atoms with E-state index in [0.717, 1.165) is 6.20 Å². The molecule has 0 aliphatic carbocycles. The van der Waals surface area contributed by atoms with Crippen molar-refractivity contribution in [1.29, 1.82) is 0 Å². The first-order valence-corrected chi connectivity index (χ1v) is 5.26. The van der Waals surface area contributed by atoms with Crippen molar-refractivity contribution in [2.75, 3.05) is 17.7 Å². The third kappa shape index (κ3) is 2.60. The molecule has 0 spiro atoms. The van der Waals surface area contributed by atoms with E-state index in [4.69, 9.17) is 0 Å². The van der Waals surface area contributed by atoms with Crippen molar-refractivity contribution in [3.8, 4) is 0 Å². The SMILES string of the molecule is CNc1ncccc1C(=O)Nc1ccc(F)cn1. The van der Waals surface area contributed by atoms with Crippen LogP contribution in [-0.4, -0.2) is 22.9 Å². The Morgan fingerprint density at radius 3 is 2.78 bits per heavy atom. The molecule has 2 aromatic heterocycles. The number of hydrogen-bond acceptors (Lipinski definition) is 4. The Kier molecular flexibility index (Phi) is 3.47. The summed E-state index contributed by atoms with van der Waals surface area (Å²) in [4.78, 5) is 19.7. The van der Waals surface area contributed by atoms with Gasteiger partial charge in [0.1, 0.15) is 17.5 Å². The number of nitrogens with one attached hydrogen (secondary N) is 2. The smallest absolute Gasteiger partial charge is 0.260 e. The average molecular weight is 246 g/mol. The van der Waals surface area contributed by atoms with Gasteiger partial charge in [-0.2, -0.15) is 0 Å². The van der Waals surface area contributed by atoms with Crippen LogP contribution in [0.4, 0.5) is 16.0 Å². The maximum absolute atomic E-state index is 12.7. The Hall–Kier alpha value is -2.50. The molecule has 2 rings (SSSR count). The number of amides is 1. The number of anilines is 2. The van der Waals surface area contributed by atoms with E-state index in [2.05, 4.69) is 20.6 Å². The standard InChI is InChI=1S/C12H11FN4O/c1-14-11-9(3-2-6-15-11)12(18)17-10-5-4-8(13)7-16-10/h2-7H,1H3,(H,14,15)(H,16,17,18). The number of carbonyl (C=O) groups excluding carboxylic acids is 1. The second-order valence-corrected chi connectivity index (χ2v) is 3.47. The maximum Gasteiger partial charge on any atom is 0.260 e. The summed E-state index contributed by atoms with van der Waals surface area (Å²) in [5.74, 6) is -0.0544. The average Bonchev–Trinajstić information content (AvgIpc) is 2.41. The van der Waals surface area contributed by atoms with Crippen LogP contribution in [0.1, 0.15) is 10.4 Å². The minimum atomic E-state index is -0.453. The highest BCUT2D eigenvalue weighted by molar-refractivity contribution is 6.06. The number of halogens is 1. The van der Waals surface area contributed by atoms with E-state index in [1.54, 1.807) is 25.4 Å². The highest BCUT2D eigenvalue weighted by atomic mass is 19.1. The summed E-state index contributed by atoms with van der Waals surface area (Å²) in [6.07, 6.45) is 2.62. The van der Waals surface area contributed by atoms with Gasteiger partial charge in [-0.25, -0.2) is 14.4 Å². The lowest BCUT2D eigenvalue weighted by atomic mass is 10.2. The van der Waals surface area contributed by atoms with Crippen LogP contribution in [0.2, 0.25) is 0 Å². The van der Waals surface area contributed by atoms with E-state index >= 15 is 0 Å². The van der Waals surface area contributed by atoms with Crippen molar-refractivity contribution >= 4 is 17.5 Å². The highest BCUT2D eigenvalue weighted by Gasteiger charge is 2.11. The van der Waals surface area contributed by atoms with Crippen LogP contribution in [0, 0.1) is 5.82 Å². The zero-order valence-electron chi connectivity index (χ0n) is 9.64. The molecule has 2 heterocycles. The van der Waals surface area contributed by atoms with E-state index in [1.165, 1.54) is 12.1 Å². The molecule has 0 aromatic carbocycles. The summed E-state index contributed by atoms with van der Waals surface area (Å²) in [7, 11) is 1.68. The van der Waals surface area contributed by atoms with Gasteiger partial charge < -0.3 is 10.6 Å². The van der Waals surface area contributed by atoms with Crippen molar-refractivity contribution in [2.24, 2.45) is 0 Å². The number of aromatic nitrogens is 2. The lowest BCUT2D eigenvalue weighted by molar-refractivity contribution is 0.102. The molecule has 18 heavy (non-hydrogen) atoms. The third-order valence-corrected chi connectivity index (χ3v) is 2.26. The Balaban J connectivity index is 2.19. The predicted molar refractivity (Wildman–Crippen MR) is 65.9 cm³/mol. The minimum absolute atomic E-state index is 0.285. The molecule has 0 saturated carbocycles. The molecular formula is C12H11FN4O. The van der Waals surface area contributed by atoms with Gasteiger partial charge in [-0.15, -0.1) is 0 Å². The Labute approximate surface area is 103 Å². The van der Waals surface area contributed by atoms with Crippen LogP contribution < -0.4 is 10.6 Å². The Bertz CT molecular complexity index is 556. The topological polar surface area (TPSA) is 66.9 Å². The maximum atomic E-state index is 12.7. The van der Waals surface area contributed by atoms with E-state index in [0.29, 0.717) is 11.4 Å². The molecule has 0 radical (unpaired) electrons. The first-order valence-electron chi connectivity index (χ1n) is 5.26. The minimum Gasteiger partial charge on any atom is -0.372 e. The quantitative estimate of drug-likeness (QED) is 0.868. The first kappa shape index (κ1) is 12.0. The lowest BCUT2D eigenvalue weighted by Gasteiger charge is -2.07. The van der Waals surface area contributed by atoms with Crippen LogP contribution in [0.25, 0.3) is 0 Å². The molecule has 6 heteroatoms. The number of pyridine rings is 2. The summed E-state index contributed by atoms with van der Waals surface area (Å²) in [5, 5.41) is 5.38. The van der Waals surface area contributed by atoms with Gasteiger partial charge in [0.15, 0.2) is 0 Å². The van der Waals surface area contributed by atoms with Crippen LogP contribution in [0.3, 0.4) is 0 Å². The van der Waals surface area contributed by atoms with Gasteiger partial charge >= 0.3 is 0 Å². The van der Waals surface area contributed by atoms with Crippen molar-refractivity contribution in [3.05, 3.63) is 48.0 Å². The molecule has 0 unspecified atom stereocenters. The monoisotopic (exact) mass is 246 g/mol. The summed E-state index contributed by atoms with van der Waals surface area (Å²) < 4.78 is 12.7. The number of hydrogen-bond donors (Lipinski definition) is 2. The summed E-state index contributed by atoms with van der Waals surface area (Å²) in [6.45, 7) is 0. The molecular weight excluding hydrogens is 235 g/mol. The predicted octanol–water partition coefficient (Wildman–Crippen LogP) is 1.91. The van der Waals surface area contributed by atoms with Gasteiger partial charge in [0, 0.05) is 13.2 Å². The number of nitrogens with zero attached hydrogens (tertiary/aromatic N) is 2. The fourth-order valence-corrected chi connectivity index (χ4v) is 1.42. The van der Waals surface area contributed by atoms with Crippen molar-refractivity contribution in [1.82, 2.24) is 9.97 Å². The van der Waals surface area contributed by atoms with Crippen LogP contribution >= 0.6 is 0 Å². The van der Waals surface area contributed by atoms with Crippen molar-refractivity contribution < 1.29 is 9.18 Å². The number of carbonyl (C=O) groups is 1. The molecule has 0 atom stereocenters. The van der Waals surface area contributed by atoms with Crippen LogP contribution in [-0.2, 0) is 0 Å². The second kappa shape index (κ2) is 5.22. The van der Waals surface area contributed by atoms with Gasteiger partial charge in [-0.3, -0.25) is 4.79 Å². The molecule has 0 aliphatic rings. The fraction of sp³-hybridized carbons (Fsp3) is 0.0833.